The second-order valence-corrected chi connectivity index (χ2v) is 4.08. The Morgan fingerprint density at radius 3 is 2.47 bits per heavy atom. The normalized spacial score (nSPS) is 33.9. The van der Waals surface area contributed by atoms with Crippen LogP contribution in [-0.4, -0.2) is 47.6 Å². The van der Waals surface area contributed by atoms with E-state index in [-0.39, 0.29) is 13.2 Å². The number of ether oxygens (including phenoxy) is 2. The van der Waals surface area contributed by atoms with Gasteiger partial charge in [0.05, 0.1) is 18.8 Å². The molecule has 2 bridgehead atoms. The zero-order valence-electron chi connectivity index (χ0n) is 9.11. The molecular formula is C11H14O6. The van der Waals surface area contributed by atoms with E-state index in [1.165, 1.54) is 0 Å². The molecule has 0 aromatic carbocycles. The van der Waals surface area contributed by atoms with Crippen LogP contribution >= 0.6 is 0 Å². The van der Waals surface area contributed by atoms with E-state index in [1.807, 2.05) is 0 Å². The van der Waals surface area contributed by atoms with Crippen molar-refractivity contribution in [3.05, 3.63) is 12.2 Å². The predicted octanol–water partition coefficient (Wildman–Crippen LogP) is -0.434. The summed E-state index contributed by atoms with van der Waals surface area (Å²) in [7, 11) is 0. The summed E-state index contributed by atoms with van der Waals surface area (Å²) in [6, 6.07) is 0. The summed E-state index contributed by atoms with van der Waals surface area (Å²) in [5.74, 6) is -3.26. The van der Waals surface area contributed by atoms with Gasteiger partial charge in [0.1, 0.15) is 11.8 Å². The molecule has 0 aliphatic carbocycles. The van der Waals surface area contributed by atoms with Crippen molar-refractivity contribution in [2.45, 2.75) is 18.6 Å². The third kappa shape index (κ3) is 2.18. The molecule has 2 heterocycles. The number of aliphatic hydroxyl groups excluding tert-OH is 1. The van der Waals surface area contributed by atoms with Gasteiger partial charge in [0.15, 0.2) is 0 Å². The topological polar surface area (TPSA) is 93.1 Å². The zero-order valence-corrected chi connectivity index (χ0v) is 9.11. The monoisotopic (exact) mass is 242 g/mol. The van der Waals surface area contributed by atoms with Crippen molar-refractivity contribution in [3.63, 3.8) is 0 Å². The zero-order chi connectivity index (χ0) is 12.4. The molecule has 0 radical (unpaired) electrons. The van der Waals surface area contributed by atoms with Crippen LogP contribution in [0.2, 0.25) is 0 Å². The molecule has 6 nitrogen and oxygen atoms in total. The molecule has 4 unspecified atom stereocenters. The lowest BCUT2D eigenvalue weighted by atomic mass is 9.83. The standard InChI is InChI=1S/C11H14O6/c12-4-1-5-16-11(15)9-7-3-2-6(17-7)8(9)10(13)14/h2-3,6-9,12H,1,4-5H2,(H,13,14). The minimum Gasteiger partial charge on any atom is -0.481 e. The molecule has 4 atom stereocenters. The second-order valence-electron chi connectivity index (χ2n) is 4.08. The number of rotatable bonds is 5. The van der Waals surface area contributed by atoms with Crippen LogP contribution in [0.5, 0.6) is 0 Å². The van der Waals surface area contributed by atoms with E-state index in [4.69, 9.17) is 19.7 Å². The Morgan fingerprint density at radius 2 is 1.88 bits per heavy atom. The number of fused-ring (bicyclic) bond motifs is 2. The number of aliphatic carboxylic acids is 1. The first-order valence-electron chi connectivity index (χ1n) is 5.49. The van der Waals surface area contributed by atoms with Gasteiger partial charge in [-0.15, -0.1) is 0 Å². The predicted molar refractivity (Wildman–Crippen MR) is 55.1 cm³/mol. The van der Waals surface area contributed by atoms with E-state index in [0.717, 1.165) is 0 Å². The highest BCUT2D eigenvalue weighted by Gasteiger charge is 2.53. The van der Waals surface area contributed by atoms with Gasteiger partial charge >= 0.3 is 11.9 Å². The molecule has 0 spiro atoms. The molecule has 0 aromatic heterocycles. The molecule has 6 heteroatoms. The molecule has 2 rings (SSSR count). The molecule has 0 amide bonds. The van der Waals surface area contributed by atoms with E-state index in [0.29, 0.717) is 6.42 Å². The van der Waals surface area contributed by atoms with E-state index < -0.39 is 36.0 Å². The van der Waals surface area contributed by atoms with Crippen LogP contribution in [-0.2, 0) is 19.1 Å². The van der Waals surface area contributed by atoms with Crippen molar-refractivity contribution < 1.29 is 29.3 Å². The molecular weight excluding hydrogens is 228 g/mol. The van der Waals surface area contributed by atoms with Gasteiger partial charge in [0.25, 0.3) is 0 Å². The summed E-state index contributed by atoms with van der Waals surface area (Å²) >= 11 is 0. The number of carboxylic acid groups (broad SMARTS) is 1. The third-order valence-corrected chi connectivity index (χ3v) is 3.00. The first kappa shape index (κ1) is 12.1. The molecule has 17 heavy (non-hydrogen) atoms. The lowest BCUT2D eigenvalue weighted by Crippen LogP contribution is -2.37. The number of aliphatic hydroxyl groups is 1. The largest absolute Gasteiger partial charge is 0.481 e. The highest BCUT2D eigenvalue weighted by molar-refractivity contribution is 5.84. The van der Waals surface area contributed by atoms with E-state index in [9.17, 15) is 9.59 Å². The van der Waals surface area contributed by atoms with Crippen molar-refractivity contribution in [1.29, 1.82) is 0 Å². The molecule has 94 valence electrons. The molecule has 2 aliphatic heterocycles. The Hall–Kier alpha value is -1.40. The van der Waals surface area contributed by atoms with Crippen molar-refractivity contribution in [2.75, 3.05) is 13.2 Å². The highest BCUT2D eigenvalue weighted by atomic mass is 16.5. The first-order chi connectivity index (χ1) is 8.15. The average Bonchev–Trinajstić information content (AvgIpc) is 2.88. The summed E-state index contributed by atoms with van der Waals surface area (Å²) in [5, 5.41) is 17.6. The minimum absolute atomic E-state index is 0.0667. The van der Waals surface area contributed by atoms with Crippen LogP contribution in [0.4, 0.5) is 0 Å². The SMILES string of the molecule is O=C(O)C1C2C=CC(O2)C1C(=O)OCCCO. The fourth-order valence-corrected chi connectivity index (χ4v) is 2.22. The van der Waals surface area contributed by atoms with Crippen LogP contribution in [0.15, 0.2) is 12.2 Å². The Bertz CT molecular complexity index is 350. The quantitative estimate of drug-likeness (QED) is 0.386. The number of hydrogen-bond acceptors (Lipinski definition) is 5. The fourth-order valence-electron chi connectivity index (χ4n) is 2.22. The summed E-state index contributed by atoms with van der Waals surface area (Å²) < 4.78 is 10.3. The van der Waals surface area contributed by atoms with Crippen LogP contribution in [0.3, 0.4) is 0 Å². The number of carbonyl (C=O) groups is 2. The number of carbonyl (C=O) groups excluding carboxylic acids is 1. The maximum Gasteiger partial charge on any atom is 0.312 e. The number of carboxylic acids is 1. The Kier molecular flexibility index (Phi) is 3.44. The van der Waals surface area contributed by atoms with Gasteiger partial charge in [-0.2, -0.15) is 0 Å². The van der Waals surface area contributed by atoms with Gasteiger partial charge < -0.3 is 19.7 Å². The summed E-state index contributed by atoms with van der Waals surface area (Å²) in [6.45, 7) is 0.0298. The van der Waals surface area contributed by atoms with E-state index >= 15 is 0 Å². The molecule has 2 N–H and O–H groups in total. The van der Waals surface area contributed by atoms with Crippen molar-refractivity contribution >= 4 is 11.9 Å². The van der Waals surface area contributed by atoms with Crippen molar-refractivity contribution in [3.8, 4) is 0 Å². The number of hydrogen-bond donors (Lipinski definition) is 2. The van der Waals surface area contributed by atoms with Crippen LogP contribution in [0, 0.1) is 11.8 Å². The molecule has 0 saturated carbocycles. The van der Waals surface area contributed by atoms with Gasteiger partial charge in [-0.05, 0) is 0 Å². The molecule has 0 aromatic rings. The van der Waals surface area contributed by atoms with Crippen LogP contribution < -0.4 is 0 Å². The maximum absolute atomic E-state index is 11.7. The number of esters is 1. The molecule has 1 saturated heterocycles. The minimum atomic E-state index is -1.05. The third-order valence-electron chi connectivity index (χ3n) is 3.00. The lowest BCUT2D eigenvalue weighted by molar-refractivity contribution is -0.157. The Balaban J connectivity index is 2.01. The second kappa shape index (κ2) is 4.85. The Morgan fingerprint density at radius 1 is 1.24 bits per heavy atom. The molecule has 1 fully saturated rings. The van der Waals surface area contributed by atoms with Gasteiger partial charge in [-0.25, -0.2) is 0 Å². The summed E-state index contributed by atoms with van der Waals surface area (Å²) in [5.41, 5.74) is 0. The average molecular weight is 242 g/mol. The van der Waals surface area contributed by atoms with Crippen molar-refractivity contribution in [2.24, 2.45) is 11.8 Å². The van der Waals surface area contributed by atoms with Crippen LogP contribution in [0.25, 0.3) is 0 Å². The van der Waals surface area contributed by atoms with Gasteiger partial charge in [-0.3, -0.25) is 9.59 Å². The summed E-state index contributed by atoms with van der Waals surface area (Å²) in [6.07, 6.45) is 2.68. The van der Waals surface area contributed by atoms with Crippen molar-refractivity contribution in [1.82, 2.24) is 0 Å². The fraction of sp³-hybridized carbons (Fsp3) is 0.636. The van der Waals surface area contributed by atoms with E-state index in [1.54, 1.807) is 12.2 Å². The summed E-state index contributed by atoms with van der Waals surface area (Å²) in [4.78, 5) is 22.8. The highest BCUT2D eigenvalue weighted by Crippen LogP contribution is 2.39. The lowest BCUT2D eigenvalue weighted by Gasteiger charge is -2.19. The Labute approximate surface area is 97.8 Å². The van der Waals surface area contributed by atoms with Gasteiger partial charge in [0, 0.05) is 13.0 Å². The first-order valence-corrected chi connectivity index (χ1v) is 5.49. The molecule has 2 aliphatic rings. The van der Waals surface area contributed by atoms with Gasteiger partial charge in [0.2, 0.25) is 0 Å². The van der Waals surface area contributed by atoms with Crippen LogP contribution in [0.1, 0.15) is 6.42 Å². The van der Waals surface area contributed by atoms with E-state index in [2.05, 4.69) is 0 Å². The smallest absolute Gasteiger partial charge is 0.312 e. The van der Waals surface area contributed by atoms with Gasteiger partial charge in [-0.1, -0.05) is 12.2 Å². The maximum atomic E-state index is 11.7.